The van der Waals surface area contributed by atoms with E-state index in [1.54, 1.807) is 20.3 Å². The molecule has 0 radical (unpaired) electrons. The minimum atomic E-state index is -0.0611. The summed E-state index contributed by atoms with van der Waals surface area (Å²) in [5.74, 6) is 1.31. The molecule has 2 amide bonds. The summed E-state index contributed by atoms with van der Waals surface area (Å²) in [6.45, 7) is 3.50. The highest BCUT2D eigenvalue weighted by Crippen LogP contribution is 2.29. The summed E-state index contributed by atoms with van der Waals surface area (Å²) in [7, 11) is 3.21. The first-order valence-electron chi connectivity index (χ1n) is 9.73. The van der Waals surface area contributed by atoms with Crippen LogP contribution >= 0.6 is 0 Å². The van der Waals surface area contributed by atoms with E-state index in [1.807, 2.05) is 17.0 Å². The summed E-state index contributed by atoms with van der Waals surface area (Å²) in [4.78, 5) is 17.1. The lowest BCUT2D eigenvalue weighted by atomic mass is 10.1. The maximum atomic E-state index is 12.6. The number of amides is 2. The summed E-state index contributed by atoms with van der Waals surface area (Å²) in [6, 6.07) is 6.07. The lowest BCUT2D eigenvalue weighted by Crippen LogP contribution is -2.52. The predicted octanol–water partition coefficient (Wildman–Crippen LogP) is 3.58. The molecule has 144 valence electrons. The Balaban J connectivity index is 1.53. The van der Waals surface area contributed by atoms with Gasteiger partial charge in [-0.2, -0.15) is 0 Å². The minimum absolute atomic E-state index is 0.0611. The predicted molar refractivity (Wildman–Crippen MR) is 103 cm³/mol. The van der Waals surface area contributed by atoms with Crippen LogP contribution in [0.4, 0.5) is 10.5 Å². The summed E-state index contributed by atoms with van der Waals surface area (Å²) < 4.78 is 10.6. The van der Waals surface area contributed by atoms with E-state index in [0.29, 0.717) is 23.2 Å². The van der Waals surface area contributed by atoms with Crippen LogP contribution in [0.25, 0.3) is 0 Å². The van der Waals surface area contributed by atoms with Crippen LogP contribution in [0.1, 0.15) is 38.5 Å². The molecule has 1 saturated heterocycles. The molecule has 26 heavy (non-hydrogen) atoms. The van der Waals surface area contributed by atoms with E-state index in [2.05, 4.69) is 10.2 Å². The molecule has 1 aliphatic heterocycles. The first kappa shape index (κ1) is 18.8. The second-order valence-corrected chi connectivity index (χ2v) is 7.16. The standard InChI is InChI=1S/C20H31N3O3/c1-25-17-9-10-18(19(15-17)26-2)21-20(24)23-13-11-22(12-14-23)16-7-5-3-4-6-8-16/h9-10,15-16H,3-8,11-14H2,1-2H3,(H,21,24). The Kier molecular flexibility index (Phi) is 6.61. The van der Waals surface area contributed by atoms with Crippen molar-refractivity contribution in [2.75, 3.05) is 45.7 Å². The van der Waals surface area contributed by atoms with Gasteiger partial charge in [0, 0.05) is 38.3 Å². The molecule has 1 aliphatic carbocycles. The van der Waals surface area contributed by atoms with Gasteiger partial charge >= 0.3 is 6.03 Å². The van der Waals surface area contributed by atoms with Gasteiger partial charge in [0.05, 0.1) is 19.9 Å². The Hall–Kier alpha value is -1.95. The number of carbonyl (C=O) groups excluding carboxylic acids is 1. The molecule has 6 heteroatoms. The molecule has 0 atom stereocenters. The first-order valence-corrected chi connectivity index (χ1v) is 9.73. The number of piperazine rings is 1. The quantitative estimate of drug-likeness (QED) is 0.833. The third-order valence-corrected chi connectivity index (χ3v) is 5.59. The van der Waals surface area contributed by atoms with E-state index < -0.39 is 0 Å². The molecule has 1 aromatic carbocycles. The van der Waals surface area contributed by atoms with Crippen LogP contribution in [0.2, 0.25) is 0 Å². The van der Waals surface area contributed by atoms with E-state index >= 15 is 0 Å². The number of hydrogen-bond acceptors (Lipinski definition) is 4. The molecule has 0 unspecified atom stereocenters. The van der Waals surface area contributed by atoms with Gasteiger partial charge in [0.2, 0.25) is 0 Å². The topological polar surface area (TPSA) is 54.0 Å². The van der Waals surface area contributed by atoms with Gasteiger partial charge in [-0.3, -0.25) is 4.90 Å². The Morgan fingerprint density at radius 1 is 1.00 bits per heavy atom. The molecule has 6 nitrogen and oxygen atoms in total. The molecular weight excluding hydrogens is 330 g/mol. The Labute approximate surface area is 156 Å². The second-order valence-electron chi connectivity index (χ2n) is 7.16. The lowest BCUT2D eigenvalue weighted by Gasteiger charge is -2.39. The zero-order valence-electron chi connectivity index (χ0n) is 16.0. The van der Waals surface area contributed by atoms with Crippen molar-refractivity contribution < 1.29 is 14.3 Å². The van der Waals surface area contributed by atoms with Crippen molar-refractivity contribution in [2.24, 2.45) is 0 Å². The van der Waals surface area contributed by atoms with E-state index in [1.165, 1.54) is 38.5 Å². The molecular formula is C20H31N3O3. The largest absolute Gasteiger partial charge is 0.497 e. The number of methoxy groups -OCH3 is 2. The first-order chi connectivity index (χ1) is 12.7. The summed E-state index contributed by atoms with van der Waals surface area (Å²) in [5.41, 5.74) is 0.671. The molecule has 3 rings (SSSR count). The van der Waals surface area contributed by atoms with Crippen LogP contribution in [-0.4, -0.2) is 62.3 Å². The third-order valence-electron chi connectivity index (χ3n) is 5.59. The number of hydrogen-bond donors (Lipinski definition) is 1. The molecule has 2 aliphatic rings. The van der Waals surface area contributed by atoms with E-state index in [4.69, 9.17) is 9.47 Å². The van der Waals surface area contributed by atoms with Crippen molar-refractivity contribution in [2.45, 2.75) is 44.6 Å². The lowest BCUT2D eigenvalue weighted by molar-refractivity contribution is 0.105. The van der Waals surface area contributed by atoms with Gasteiger partial charge in [0.15, 0.2) is 0 Å². The second kappa shape index (κ2) is 9.12. The zero-order valence-corrected chi connectivity index (χ0v) is 16.0. The number of nitrogens with one attached hydrogen (secondary N) is 1. The maximum absolute atomic E-state index is 12.6. The molecule has 0 aromatic heterocycles. The third kappa shape index (κ3) is 4.61. The zero-order chi connectivity index (χ0) is 18.4. The van der Waals surface area contributed by atoms with Crippen molar-refractivity contribution in [3.63, 3.8) is 0 Å². The fourth-order valence-corrected chi connectivity index (χ4v) is 4.01. The van der Waals surface area contributed by atoms with Crippen LogP contribution in [0.3, 0.4) is 0 Å². The number of anilines is 1. The van der Waals surface area contributed by atoms with E-state index in [0.717, 1.165) is 26.2 Å². The van der Waals surface area contributed by atoms with E-state index in [9.17, 15) is 4.79 Å². The van der Waals surface area contributed by atoms with Gasteiger partial charge in [0.1, 0.15) is 11.5 Å². The smallest absolute Gasteiger partial charge is 0.322 e. The van der Waals surface area contributed by atoms with Gasteiger partial charge in [-0.25, -0.2) is 4.79 Å². The van der Waals surface area contributed by atoms with Crippen LogP contribution in [-0.2, 0) is 0 Å². The molecule has 0 bridgehead atoms. The van der Waals surface area contributed by atoms with Gasteiger partial charge < -0.3 is 19.7 Å². The number of nitrogens with zero attached hydrogens (tertiary/aromatic N) is 2. The highest BCUT2D eigenvalue weighted by Gasteiger charge is 2.26. The maximum Gasteiger partial charge on any atom is 0.322 e. The molecule has 0 spiro atoms. The van der Waals surface area contributed by atoms with Crippen molar-refractivity contribution in [1.29, 1.82) is 0 Å². The number of urea groups is 1. The van der Waals surface area contributed by atoms with Crippen molar-refractivity contribution in [3.8, 4) is 11.5 Å². The monoisotopic (exact) mass is 361 g/mol. The van der Waals surface area contributed by atoms with Gasteiger partial charge in [-0.1, -0.05) is 25.7 Å². The number of ether oxygens (including phenoxy) is 2. The van der Waals surface area contributed by atoms with E-state index in [-0.39, 0.29) is 6.03 Å². The summed E-state index contributed by atoms with van der Waals surface area (Å²) in [6.07, 6.45) is 8.08. The highest BCUT2D eigenvalue weighted by molar-refractivity contribution is 5.91. The van der Waals surface area contributed by atoms with Crippen molar-refractivity contribution >= 4 is 11.7 Å². The normalized spacial score (nSPS) is 19.7. The Morgan fingerprint density at radius 3 is 2.31 bits per heavy atom. The van der Waals surface area contributed by atoms with Crippen LogP contribution < -0.4 is 14.8 Å². The van der Waals surface area contributed by atoms with Gasteiger partial charge in [0.25, 0.3) is 0 Å². The van der Waals surface area contributed by atoms with Crippen LogP contribution in [0, 0.1) is 0 Å². The van der Waals surface area contributed by atoms with Crippen LogP contribution in [0.5, 0.6) is 11.5 Å². The molecule has 1 N–H and O–H groups in total. The summed E-state index contributed by atoms with van der Waals surface area (Å²) >= 11 is 0. The molecule has 2 fully saturated rings. The van der Waals surface area contributed by atoms with Crippen molar-refractivity contribution in [1.82, 2.24) is 9.80 Å². The highest BCUT2D eigenvalue weighted by atomic mass is 16.5. The molecule has 1 heterocycles. The molecule has 1 aromatic rings. The average molecular weight is 361 g/mol. The van der Waals surface area contributed by atoms with Crippen LogP contribution in [0.15, 0.2) is 18.2 Å². The Bertz CT molecular complexity index is 592. The number of rotatable bonds is 4. The fourth-order valence-electron chi connectivity index (χ4n) is 4.01. The average Bonchev–Trinajstić information content (AvgIpc) is 2.98. The summed E-state index contributed by atoms with van der Waals surface area (Å²) in [5, 5.41) is 2.97. The minimum Gasteiger partial charge on any atom is -0.497 e. The van der Waals surface area contributed by atoms with Gasteiger partial charge in [-0.15, -0.1) is 0 Å². The van der Waals surface area contributed by atoms with Crippen molar-refractivity contribution in [3.05, 3.63) is 18.2 Å². The van der Waals surface area contributed by atoms with Gasteiger partial charge in [-0.05, 0) is 25.0 Å². The fraction of sp³-hybridized carbons (Fsp3) is 0.650. The Morgan fingerprint density at radius 2 is 1.69 bits per heavy atom. The number of carbonyl (C=O) groups is 1. The number of benzene rings is 1. The SMILES string of the molecule is COc1ccc(NC(=O)N2CCN(C3CCCCCC3)CC2)c(OC)c1. The molecule has 1 saturated carbocycles.